The highest BCUT2D eigenvalue weighted by Gasteiger charge is 2.20. The predicted octanol–water partition coefficient (Wildman–Crippen LogP) is 2.60. The van der Waals surface area contributed by atoms with Crippen LogP contribution >= 0.6 is 11.3 Å². The molecule has 6 nitrogen and oxygen atoms in total. The first-order chi connectivity index (χ1) is 9.47. The minimum atomic E-state index is -0.649. The van der Waals surface area contributed by atoms with Gasteiger partial charge in [0.05, 0.1) is 11.5 Å². The molecule has 7 heteroatoms. The second-order valence-electron chi connectivity index (χ2n) is 4.15. The lowest BCUT2D eigenvalue weighted by atomic mass is 10.1. The minimum absolute atomic E-state index is 0.150. The van der Waals surface area contributed by atoms with Gasteiger partial charge in [-0.1, -0.05) is 0 Å². The number of nitrogens with zero attached hydrogens (tertiary/aromatic N) is 1. The summed E-state index contributed by atoms with van der Waals surface area (Å²) < 4.78 is 0. The van der Waals surface area contributed by atoms with E-state index in [9.17, 15) is 20.0 Å². The molecule has 0 saturated heterocycles. The Morgan fingerprint density at radius 2 is 2.15 bits per heavy atom. The largest absolute Gasteiger partial charge is 0.508 e. The zero-order chi connectivity index (χ0) is 14.7. The molecule has 2 aromatic rings. The average Bonchev–Trinajstić information content (AvgIpc) is 2.81. The zero-order valence-corrected chi connectivity index (χ0v) is 11.4. The number of carbonyl (C=O) groups is 1. The number of phenols is 1. The molecular formula is C13H12N2O4S. The van der Waals surface area contributed by atoms with Crippen molar-refractivity contribution in [3.05, 3.63) is 55.8 Å². The first-order valence-electron chi connectivity index (χ1n) is 5.78. The summed E-state index contributed by atoms with van der Waals surface area (Å²) in [6.07, 6.45) is 0. The number of phenolic OH excluding ortho intramolecular Hbond substituents is 1. The van der Waals surface area contributed by atoms with Crippen molar-refractivity contribution in [2.75, 3.05) is 0 Å². The van der Waals surface area contributed by atoms with Crippen LogP contribution in [0.2, 0.25) is 0 Å². The molecule has 0 aliphatic rings. The molecule has 0 atom stereocenters. The number of hydrogen-bond acceptors (Lipinski definition) is 5. The number of nitro benzene ring substituents is 1. The van der Waals surface area contributed by atoms with E-state index < -0.39 is 10.8 Å². The standard InChI is InChI=1S/C13H12N2O4S/c1-8-2-4-10(20-8)7-14-13(17)11-6-9(16)3-5-12(11)15(18)19/h2-6,16H,7H2,1H3,(H,14,17). The van der Waals surface area contributed by atoms with Crippen LogP contribution in [0.15, 0.2) is 30.3 Å². The van der Waals surface area contributed by atoms with Crippen molar-refractivity contribution in [2.45, 2.75) is 13.5 Å². The fourth-order valence-corrected chi connectivity index (χ4v) is 2.54. The third-order valence-electron chi connectivity index (χ3n) is 2.64. The Labute approximate surface area is 118 Å². The van der Waals surface area contributed by atoms with Crippen molar-refractivity contribution in [1.82, 2.24) is 5.32 Å². The van der Waals surface area contributed by atoms with Gasteiger partial charge in [-0.3, -0.25) is 14.9 Å². The van der Waals surface area contributed by atoms with Crippen LogP contribution in [0.3, 0.4) is 0 Å². The van der Waals surface area contributed by atoms with Crippen LogP contribution in [0.1, 0.15) is 20.1 Å². The SMILES string of the molecule is Cc1ccc(CNC(=O)c2cc(O)ccc2[N+](=O)[O-])s1. The van der Waals surface area contributed by atoms with Crippen LogP contribution in [-0.4, -0.2) is 15.9 Å². The van der Waals surface area contributed by atoms with E-state index >= 15 is 0 Å². The molecule has 0 spiro atoms. The molecule has 20 heavy (non-hydrogen) atoms. The fraction of sp³-hybridized carbons (Fsp3) is 0.154. The van der Waals surface area contributed by atoms with Gasteiger partial charge in [-0.2, -0.15) is 0 Å². The summed E-state index contributed by atoms with van der Waals surface area (Å²) in [7, 11) is 0. The molecule has 2 rings (SSSR count). The molecule has 0 aliphatic carbocycles. The van der Waals surface area contributed by atoms with Crippen molar-refractivity contribution in [2.24, 2.45) is 0 Å². The highest BCUT2D eigenvalue weighted by molar-refractivity contribution is 7.11. The van der Waals surface area contributed by atoms with E-state index in [1.54, 1.807) is 11.3 Å². The van der Waals surface area contributed by atoms with E-state index in [1.165, 1.54) is 6.07 Å². The molecule has 0 unspecified atom stereocenters. The summed E-state index contributed by atoms with van der Waals surface area (Å²) in [4.78, 5) is 24.3. The van der Waals surface area contributed by atoms with Crippen LogP contribution in [0.5, 0.6) is 5.75 Å². The van der Waals surface area contributed by atoms with Crippen LogP contribution in [0.4, 0.5) is 5.69 Å². The Balaban J connectivity index is 2.16. The van der Waals surface area contributed by atoms with Gasteiger partial charge >= 0.3 is 0 Å². The third kappa shape index (κ3) is 3.12. The molecule has 2 N–H and O–H groups in total. The molecule has 0 bridgehead atoms. The van der Waals surface area contributed by atoms with Gasteiger partial charge in [0.25, 0.3) is 11.6 Å². The number of nitrogens with one attached hydrogen (secondary N) is 1. The first kappa shape index (κ1) is 14.0. The van der Waals surface area contributed by atoms with Gasteiger partial charge in [-0.15, -0.1) is 11.3 Å². The summed E-state index contributed by atoms with van der Waals surface area (Å²) in [6.45, 7) is 2.25. The highest BCUT2D eigenvalue weighted by Crippen LogP contribution is 2.23. The summed E-state index contributed by atoms with van der Waals surface area (Å²) in [6, 6.07) is 7.20. The summed E-state index contributed by atoms with van der Waals surface area (Å²) in [5.41, 5.74) is -0.481. The van der Waals surface area contributed by atoms with Crippen LogP contribution < -0.4 is 5.32 Å². The molecule has 1 aromatic carbocycles. The number of aromatic hydroxyl groups is 1. The predicted molar refractivity (Wildman–Crippen MR) is 75.0 cm³/mol. The molecule has 0 radical (unpaired) electrons. The number of hydrogen-bond donors (Lipinski definition) is 2. The monoisotopic (exact) mass is 292 g/mol. The van der Waals surface area contributed by atoms with Crippen molar-refractivity contribution in [3.63, 3.8) is 0 Å². The maximum Gasteiger partial charge on any atom is 0.282 e. The van der Waals surface area contributed by atoms with E-state index in [4.69, 9.17) is 0 Å². The normalized spacial score (nSPS) is 10.2. The van der Waals surface area contributed by atoms with E-state index in [0.29, 0.717) is 6.54 Å². The van der Waals surface area contributed by atoms with E-state index in [0.717, 1.165) is 21.9 Å². The number of thiophene rings is 1. The Morgan fingerprint density at radius 3 is 2.75 bits per heavy atom. The van der Waals surface area contributed by atoms with Crippen LogP contribution in [-0.2, 0) is 6.54 Å². The van der Waals surface area contributed by atoms with Gasteiger partial charge in [0.15, 0.2) is 0 Å². The number of rotatable bonds is 4. The molecule has 1 aromatic heterocycles. The molecular weight excluding hydrogens is 280 g/mol. The van der Waals surface area contributed by atoms with Crippen molar-refractivity contribution in [1.29, 1.82) is 0 Å². The van der Waals surface area contributed by atoms with Gasteiger partial charge in [0, 0.05) is 15.8 Å². The molecule has 0 saturated carbocycles. The van der Waals surface area contributed by atoms with E-state index in [1.807, 2.05) is 19.1 Å². The Kier molecular flexibility index (Phi) is 3.99. The van der Waals surface area contributed by atoms with E-state index in [2.05, 4.69) is 5.32 Å². The minimum Gasteiger partial charge on any atom is -0.508 e. The highest BCUT2D eigenvalue weighted by atomic mass is 32.1. The van der Waals surface area contributed by atoms with Crippen molar-refractivity contribution >= 4 is 22.9 Å². The second-order valence-corrected chi connectivity index (χ2v) is 5.53. The third-order valence-corrected chi connectivity index (χ3v) is 3.64. The molecule has 0 aliphatic heterocycles. The Morgan fingerprint density at radius 1 is 1.40 bits per heavy atom. The zero-order valence-electron chi connectivity index (χ0n) is 10.6. The topological polar surface area (TPSA) is 92.5 Å². The molecule has 1 amide bonds. The quantitative estimate of drug-likeness (QED) is 0.669. The fourth-order valence-electron chi connectivity index (χ4n) is 1.71. The molecule has 1 heterocycles. The maximum absolute atomic E-state index is 12.0. The number of carbonyl (C=O) groups excluding carboxylic acids is 1. The lowest BCUT2D eigenvalue weighted by Crippen LogP contribution is -2.23. The van der Waals surface area contributed by atoms with Crippen LogP contribution in [0.25, 0.3) is 0 Å². The first-order valence-corrected chi connectivity index (χ1v) is 6.60. The second kappa shape index (κ2) is 5.70. The Bertz CT molecular complexity index is 666. The summed E-state index contributed by atoms with van der Waals surface area (Å²) in [5.74, 6) is -0.772. The van der Waals surface area contributed by atoms with Crippen molar-refractivity contribution < 1.29 is 14.8 Å². The van der Waals surface area contributed by atoms with Gasteiger partial charge in [-0.25, -0.2) is 0 Å². The average molecular weight is 292 g/mol. The number of benzene rings is 1. The van der Waals surface area contributed by atoms with Gasteiger partial charge in [0.2, 0.25) is 0 Å². The Hall–Kier alpha value is -2.41. The van der Waals surface area contributed by atoms with Crippen LogP contribution in [0, 0.1) is 17.0 Å². The number of amides is 1. The lowest BCUT2D eigenvalue weighted by molar-refractivity contribution is -0.385. The van der Waals surface area contributed by atoms with Crippen molar-refractivity contribution in [3.8, 4) is 5.75 Å². The molecule has 104 valence electrons. The number of aryl methyl sites for hydroxylation is 1. The number of nitro groups is 1. The smallest absolute Gasteiger partial charge is 0.282 e. The maximum atomic E-state index is 12.0. The van der Waals surface area contributed by atoms with Gasteiger partial charge in [0.1, 0.15) is 11.3 Å². The van der Waals surface area contributed by atoms with E-state index in [-0.39, 0.29) is 17.0 Å². The van der Waals surface area contributed by atoms with Gasteiger partial charge in [-0.05, 0) is 31.2 Å². The molecule has 0 fully saturated rings. The lowest BCUT2D eigenvalue weighted by Gasteiger charge is -2.05. The summed E-state index contributed by atoms with van der Waals surface area (Å²) >= 11 is 1.54. The van der Waals surface area contributed by atoms with Gasteiger partial charge < -0.3 is 10.4 Å². The summed E-state index contributed by atoms with van der Waals surface area (Å²) in [5, 5.41) is 22.8.